The zero-order valence-electron chi connectivity index (χ0n) is 15.7. The van der Waals surface area contributed by atoms with Crippen LogP contribution in [0.5, 0.6) is 0 Å². The van der Waals surface area contributed by atoms with Crippen LogP contribution in [0.25, 0.3) is 0 Å². The van der Waals surface area contributed by atoms with Gasteiger partial charge in [0.1, 0.15) is 6.04 Å². The van der Waals surface area contributed by atoms with Gasteiger partial charge in [-0.15, -0.1) is 0 Å². The summed E-state index contributed by atoms with van der Waals surface area (Å²) < 4.78 is 0. The average molecular weight is 398 g/mol. The molecule has 0 bridgehead atoms. The van der Waals surface area contributed by atoms with Crippen molar-refractivity contribution in [2.75, 3.05) is 5.75 Å². The number of nitrogens with one attached hydrogen (secondary N) is 1. The molecule has 0 aliphatic heterocycles. The van der Waals surface area contributed by atoms with E-state index in [4.69, 9.17) is 5.73 Å². The maximum atomic E-state index is 12.6. The van der Waals surface area contributed by atoms with Crippen LogP contribution in [0.4, 0.5) is 0 Å². The van der Waals surface area contributed by atoms with Crippen LogP contribution in [0.2, 0.25) is 0 Å². The molecule has 0 fully saturated rings. The van der Waals surface area contributed by atoms with Crippen LogP contribution in [0.15, 0.2) is 54.6 Å². The van der Waals surface area contributed by atoms with Gasteiger partial charge in [0.15, 0.2) is 10.9 Å². The van der Waals surface area contributed by atoms with E-state index < -0.39 is 23.8 Å². The van der Waals surface area contributed by atoms with Crippen LogP contribution in [0, 0.1) is 0 Å². The molecule has 0 radical (unpaired) electrons. The fourth-order valence-corrected chi connectivity index (χ4v) is 3.54. The summed E-state index contributed by atoms with van der Waals surface area (Å²) in [5, 5.41) is 2.24. The molecule has 0 saturated carbocycles. The van der Waals surface area contributed by atoms with Crippen molar-refractivity contribution in [2.45, 2.75) is 25.8 Å². The predicted octanol–water partition coefficient (Wildman–Crippen LogP) is 2.27. The van der Waals surface area contributed by atoms with E-state index in [1.54, 1.807) is 55.5 Å². The van der Waals surface area contributed by atoms with Gasteiger partial charge in [0, 0.05) is 23.8 Å². The molecule has 0 aromatic heterocycles. The highest BCUT2D eigenvalue weighted by Crippen LogP contribution is 2.24. The zero-order chi connectivity index (χ0) is 20.7. The van der Waals surface area contributed by atoms with Crippen LogP contribution in [-0.2, 0) is 14.4 Å². The zero-order valence-corrected chi connectivity index (χ0v) is 16.5. The third-order valence-corrected chi connectivity index (χ3v) is 5.29. The number of primary amides is 1. The van der Waals surface area contributed by atoms with Crippen molar-refractivity contribution in [3.05, 3.63) is 71.3 Å². The molecule has 2 rings (SSSR count). The van der Waals surface area contributed by atoms with Gasteiger partial charge in [-0.05, 0) is 11.6 Å². The number of ketones is 1. The lowest BCUT2D eigenvalue weighted by Gasteiger charge is -2.15. The molecule has 2 atom stereocenters. The molecule has 0 aliphatic rings. The first-order valence-corrected chi connectivity index (χ1v) is 9.71. The number of rotatable bonds is 8. The first kappa shape index (κ1) is 21.4. The Labute approximate surface area is 167 Å². The van der Waals surface area contributed by atoms with Crippen LogP contribution < -0.4 is 11.1 Å². The van der Waals surface area contributed by atoms with Gasteiger partial charge in [0.25, 0.3) is 0 Å². The molecule has 2 unspecified atom stereocenters. The van der Waals surface area contributed by atoms with Crippen molar-refractivity contribution >= 4 is 34.5 Å². The monoisotopic (exact) mass is 398 g/mol. The van der Waals surface area contributed by atoms with E-state index in [0.717, 1.165) is 11.8 Å². The lowest BCUT2D eigenvalue weighted by molar-refractivity contribution is -0.125. The summed E-state index contributed by atoms with van der Waals surface area (Å²) >= 11 is 0.929. The van der Waals surface area contributed by atoms with Gasteiger partial charge in [-0.3, -0.25) is 19.2 Å². The number of thioether (sulfide) groups is 1. The van der Waals surface area contributed by atoms with E-state index in [0.29, 0.717) is 16.7 Å². The quantitative estimate of drug-likeness (QED) is 0.664. The van der Waals surface area contributed by atoms with Gasteiger partial charge < -0.3 is 11.1 Å². The van der Waals surface area contributed by atoms with Gasteiger partial charge in [-0.1, -0.05) is 67.2 Å². The topological polar surface area (TPSA) is 106 Å². The van der Waals surface area contributed by atoms with Gasteiger partial charge >= 0.3 is 0 Å². The number of benzene rings is 2. The van der Waals surface area contributed by atoms with Gasteiger partial charge in [0.2, 0.25) is 11.8 Å². The van der Waals surface area contributed by atoms with E-state index in [2.05, 4.69) is 5.32 Å². The highest BCUT2D eigenvalue weighted by Gasteiger charge is 2.22. The second-order valence-corrected chi connectivity index (χ2v) is 7.35. The first-order valence-electron chi connectivity index (χ1n) is 8.72. The third-order valence-electron chi connectivity index (χ3n) is 4.15. The summed E-state index contributed by atoms with van der Waals surface area (Å²) in [5.74, 6) is -1.63. The highest BCUT2D eigenvalue weighted by atomic mass is 32.2. The average Bonchev–Trinajstić information content (AvgIpc) is 2.70. The molecule has 0 saturated heterocycles. The van der Waals surface area contributed by atoms with Crippen molar-refractivity contribution < 1.29 is 19.2 Å². The minimum absolute atomic E-state index is 0.0563. The molecular formula is C21H22N2O4S. The van der Waals surface area contributed by atoms with Crippen LogP contribution >= 0.6 is 11.8 Å². The van der Waals surface area contributed by atoms with Crippen molar-refractivity contribution in [3.8, 4) is 0 Å². The van der Waals surface area contributed by atoms with Crippen molar-refractivity contribution in [2.24, 2.45) is 5.73 Å². The molecule has 146 valence electrons. The Morgan fingerprint density at radius 1 is 1.00 bits per heavy atom. The van der Waals surface area contributed by atoms with E-state index in [1.807, 2.05) is 6.07 Å². The van der Waals surface area contributed by atoms with E-state index in [-0.39, 0.29) is 16.7 Å². The number of carbonyl (C=O) groups excluding carboxylic acids is 4. The first-order chi connectivity index (χ1) is 13.3. The molecule has 0 heterocycles. The standard InChI is InChI=1S/C21H22N2O4S/c1-13(21(27)28-12-18(20(22)26)23-14(2)24)16-9-6-10-17(11-16)19(25)15-7-4-3-5-8-15/h3-11,13,18H,12H2,1-2H3,(H2,22,26)(H,23,24). The number of hydrogen-bond donors (Lipinski definition) is 2. The van der Waals surface area contributed by atoms with Crippen LogP contribution in [0.3, 0.4) is 0 Å². The van der Waals surface area contributed by atoms with Crippen molar-refractivity contribution in [1.82, 2.24) is 5.32 Å². The Morgan fingerprint density at radius 3 is 2.25 bits per heavy atom. The lowest BCUT2D eigenvalue weighted by atomic mass is 9.96. The van der Waals surface area contributed by atoms with E-state index >= 15 is 0 Å². The molecule has 28 heavy (non-hydrogen) atoms. The normalized spacial score (nSPS) is 12.6. The summed E-state index contributed by atoms with van der Waals surface area (Å²) in [4.78, 5) is 47.6. The van der Waals surface area contributed by atoms with Crippen LogP contribution in [-0.4, -0.2) is 34.5 Å². The Hall–Kier alpha value is -2.93. The fraction of sp³-hybridized carbons (Fsp3) is 0.238. The summed E-state index contributed by atoms with van der Waals surface area (Å²) in [6.45, 7) is 3.01. The molecule has 0 spiro atoms. The minimum Gasteiger partial charge on any atom is -0.368 e. The second kappa shape index (κ2) is 9.85. The highest BCUT2D eigenvalue weighted by molar-refractivity contribution is 8.13. The maximum absolute atomic E-state index is 12.6. The second-order valence-electron chi connectivity index (χ2n) is 6.33. The lowest BCUT2D eigenvalue weighted by Crippen LogP contribution is -2.45. The van der Waals surface area contributed by atoms with Gasteiger partial charge in [-0.25, -0.2) is 0 Å². The molecule has 0 aliphatic carbocycles. The molecule has 2 aromatic rings. The maximum Gasteiger partial charge on any atom is 0.240 e. The Balaban J connectivity index is 2.08. The molecule has 6 nitrogen and oxygen atoms in total. The summed E-state index contributed by atoms with van der Waals surface area (Å²) in [6, 6.07) is 14.9. The van der Waals surface area contributed by atoms with E-state index in [1.165, 1.54) is 6.92 Å². The number of hydrogen-bond acceptors (Lipinski definition) is 5. The SMILES string of the molecule is CC(=O)NC(CSC(=O)C(C)c1cccc(C(=O)c2ccccc2)c1)C(N)=O. The predicted molar refractivity (Wildman–Crippen MR) is 109 cm³/mol. The third kappa shape index (κ3) is 5.79. The number of nitrogens with two attached hydrogens (primary N) is 1. The molecule has 2 amide bonds. The number of carbonyl (C=O) groups is 4. The molecular weight excluding hydrogens is 376 g/mol. The minimum atomic E-state index is -0.912. The largest absolute Gasteiger partial charge is 0.368 e. The summed E-state index contributed by atoms with van der Waals surface area (Å²) in [6.07, 6.45) is 0. The van der Waals surface area contributed by atoms with Crippen LogP contribution in [0.1, 0.15) is 41.3 Å². The van der Waals surface area contributed by atoms with Crippen molar-refractivity contribution in [3.63, 3.8) is 0 Å². The number of amides is 2. The Morgan fingerprint density at radius 2 is 1.64 bits per heavy atom. The molecule has 7 heteroatoms. The van der Waals surface area contributed by atoms with Gasteiger partial charge in [-0.2, -0.15) is 0 Å². The molecule has 3 N–H and O–H groups in total. The summed E-state index contributed by atoms with van der Waals surface area (Å²) in [7, 11) is 0. The molecule has 2 aromatic carbocycles. The van der Waals surface area contributed by atoms with Crippen molar-refractivity contribution in [1.29, 1.82) is 0 Å². The summed E-state index contributed by atoms with van der Waals surface area (Å²) in [5.41, 5.74) is 7.03. The Bertz CT molecular complexity index is 883. The van der Waals surface area contributed by atoms with E-state index in [9.17, 15) is 19.2 Å². The smallest absolute Gasteiger partial charge is 0.240 e. The van der Waals surface area contributed by atoms with Gasteiger partial charge in [0.05, 0.1) is 5.92 Å². The fourth-order valence-electron chi connectivity index (χ4n) is 2.57. The Kier molecular flexibility index (Phi) is 7.52.